The Bertz CT molecular complexity index is 769. The minimum absolute atomic E-state index is 0.0171. The SMILES string of the molecule is CC(C)(c1ccc(Cl)cc1)[C@H]1NC(=O)CC[C@@H]1c1cc(F)cc(Cl)c1. The lowest BCUT2D eigenvalue weighted by molar-refractivity contribution is -0.124. The monoisotopic (exact) mass is 379 g/mol. The van der Waals surface area contributed by atoms with Crippen LogP contribution in [0.5, 0.6) is 0 Å². The summed E-state index contributed by atoms with van der Waals surface area (Å²) >= 11 is 12.1. The Morgan fingerprint density at radius 1 is 1.08 bits per heavy atom. The van der Waals surface area contributed by atoms with E-state index in [1.807, 2.05) is 24.3 Å². The fraction of sp³-hybridized carbons (Fsp3) is 0.350. The molecule has 1 heterocycles. The number of carbonyl (C=O) groups is 1. The number of rotatable bonds is 3. The lowest BCUT2D eigenvalue weighted by atomic mass is 9.68. The van der Waals surface area contributed by atoms with Crippen LogP contribution in [0.15, 0.2) is 42.5 Å². The molecular formula is C20H20Cl2FNO. The maximum Gasteiger partial charge on any atom is 0.220 e. The molecule has 1 aliphatic rings. The van der Waals surface area contributed by atoms with Crippen molar-refractivity contribution in [2.45, 2.75) is 44.1 Å². The summed E-state index contributed by atoms with van der Waals surface area (Å²) in [4.78, 5) is 12.1. The summed E-state index contributed by atoms with van der Waals surface area (Å²) in [5, 5.41) is 4.16. The van der Waals surface area contributed by atoms with Gasteiger partial charge in [0.2, 0.25) is 5.91 Å². The molecule has 0 bridgehead atoms. The second-order valence-corrected chi connectivity index (χ2v) is 7.99. The van der Waals surface area contributed by atoms with Crippen LogP contribution in [-0.2, 0) is 10.2 Å². The van der Waals surface area contributed by atoms with Crippen molar-refractivity contribution in [3.05, 3.63) is 69.5 Å². The molecule has 2 aromatic rings. The number of nitrogens with one attached hydrogen (secondary N) is 1. The molecule has 0 radical (unpaired) electrons. The lowest BCUT2D eigenvalue weighted by Crippen LogP contribution is -2.53. The van der Waals surface area contributed by atoms with Gasteiger partial charge in [0.05, 0.1) is 0 Å². The second-order valence-electron chi connectivity index (χ2n) is 7.12. The maximum atomic E-state index is 13.9. The van der Waals surface area contributed by atoms with Crippen molar-refractivity contribution >= 4 is 29.1 Å². The molecule has 0 spiro atoms. The molecule has 2 atom stereocenters. The minimum atomic E-state index is -0.359. The van der Waals surface area contributed by atoms with E-state index in [1.165, 1.54) is 12.1 Å². The summed E-state index contributed by atoms with van der Waals surface area (Å²) in [7, 11) is 0. The van der Waals surface area contributed by atoms with Crippen molar-refractivity contribution in [3.63, 3.8) is 0 Å². The van der Waals surface area contributed by atoms with Gasteiger partial charge in [-0.25, -0.2) is 4.39 Å². The molecule has 3 rings (SSSR count). The molecule has 0 aliphatic carbocycles. The van der Waals surface area contributed by atoms with Gasteiger partial charge in [-0.15, -0.1) is 0 Å². The first-order chi connectivity index (χ1) is 11.8. The number of halogens is 3. The first kappa shape index (κ1) is 18.2. The normalized spacial score (nSPS) is 21.1. The van der Waals surface area contributed by atoms with Gasteiger partial charge in [0.25, 0.3) is 0 Å². The summed E-state index contributed by atoms with van der Waals surface area (Å²) in [6.07, 6.45) is 1.08. The third kappa shape index (κ3) is 3.83. The van der Waals surface area contributed by atoms with Gasteiger partial charge < -0.3 is 5.32 Å². The van der Waals surface area contributed by atoms with Crippen molar-refractivity contribution in [3.8, 4) is 0 Å². The molecule has 132 valence electrons. The van der Waals surface area contributed by atoms with Crippen LogP contribution in [0.1, 0.15) is 43.7 Å². The summed E-state index contributed by atoms with van der Waals surface area (Å²) in [6, 6.07) is 12.1. The zero-order valence-corrected chi connectivity index (χ0v) is 15.7. The van der Waals surface area contributed by atoms with Gasteiger partial charge in [-0.2, -0.15) is 0 Å². The molecule has 1 N–H and O–H groups in total. The van der Waals surface area contributed by atoms with Crippen molar-refractivity contribution < 1.29 is 9.18 Å². The van der Waals surface area contributed by atoms with E-state index in [1.54, 1.807) is 6.07 Å². The Labute approximate surface area is 157 Å². The molecule has 1 aliphatic heterocycles. The van der Waals surface area contributed by atoms with Crippen molar-refractivity contribution in [2.24, 2.45) is 0 Å². The van der Waals surface area contributed by atoms with E-state index < -0.39 is 0 Å². The van der Waals surface area contributed by atoms with E-state index in [4.69, 9.17) is 23.2 Å². The van der Waals surface area contributed by atoms with Crippen LogP contribution >= 0.6 is 23.2 Å². The Hall–Kier alpha value is -1.58. The van der Waals surface area contributed by atoms with E-state index in [-0.39, 0.29) is 29.1 Å². The third-order valence-corrected chi connectivity index (χ3v) is 5.55. The molecule has 0 unspecified atom stereocenters. The zero-order chi connectivity index (χ0) is 18.2. The van der Waals surface area contributed by atoms with E-state index in [0.717, 1.165) is 11.1 Å². The van der Waals surface area contributed by atoms with Crippen molar-refractivity contribution in [1.82, 2.24) is 5.32 Å². The molecule has 5 heteroatoms. The van der Waals surface area contributed by atoms with Gasteiger partial charge in [0.1, 0.15) is 5.82 Å². The molecule has 0 saturated carbocycles. The molecular weight excluding hydrogens is 360 g/mol. The van der Waals surface area contributed by atoms with Crippen LogP contribution < -0.4 is 5.32 Å². The number of hydrogen-bond donors (Lipinski definition) is 1. The average molecular weight is 380 g/mol. The second kappa shape index (κ2) is 6.97. The minimum Gasteiger partial charge on any atom is -0.352 e. The highest BCUT2D eigenvalue weighted by atomic mass is 35.5. The molecule has 1 saturated heterocycles. The Balaban J connectivity index is 2.02. The lowest BCUT2D eigenvalue weighted by Gasteiger charge is -2.43. The summed E-state index contributed by atoms with van der Waals surface area (Å²) in [5.74, 6) is -0.357. The summed E-state index contributed by atoms with van der Waals surface area (Å²) in [6.45, 7) is 4.17. The first-order valence-corrected chi connectivity index (χ1v) is 9.04. The molecule has 2 aromatic carbocycles. The Kier molecular flexibility index (Phi) is 5.08. The quantitative estimate of drug-likeness (QED) is 0.752. The molecule has 1 amide bonds. The van der Waals surface area contributed by atoms with Gasteiger partial charge >= 0.3 is 0 Å². The third-order valence-electron chi connectivity index (χ3n) is 5.08. The van der Waals surface area contributed by atoms with Crippen LogP contribution in [0.25, 0.3) is 0 Å². The van der Waals surface area contributed by atoms with Crippen LogP contribution in [0, 0.1) is 5.82 Å². The van der Waals surface area contributed by atoms with Gasteiger partial charge in [-0.3, -0.25) is 4.79 Å². The van der Waals surface area contributed by atoms with Crippen LogP contribution in [0.4, 0.5) is 4.39 Å². The van der Waals surface area contributed by atoms with Crippen molar-refractivity contribution in [2.75, 3.05) is 0 Å². The molecule has 25 heavy (non-hydrogen) atoms. The number of hydrogen-bond acceptors (Lipinski definition) is 1. The van der Waals surface area contributed by atoms with E-state index in [0.29, 0.717) is 22.9 Å². The molecule has 2 nitrogen and oxygen atoms in total. The average Bonchev–Trinajstić information content (AvgIpc) is 2.54. The smallest absolute Gasteiger partial charge is 0.220 e. The molecule has 1 fully saturated rings. The highest BCUT2D eigenvalue weighted by molar-refractivity contribution is 6.30. The van der Waals surface area contributed by atoms with E-state index >= 15 is 0 Å². The first-order valence-electron chi connectivity index (χ1n) is 8.29. The van der Waals surface area contributed by atoms with Crippen LogP contribution in [0.3, 0.4) is 0 Å². The Morgan fingerprint density at radius 3 is 2.40 bits per heavy atom. The predicted molar refractivity (Wildman–Crippen MR) is 99.8 cm³/mol. The van der Waals surface area contributed by atoms with Crippen molar-refractivity contribution in [1.29, 1.82) is 0 Å². The van der Waals surface area contributed by atoms with Crippen LogP contribution in [-0.4, -0.2) is 11.9 Å². The molecule has 0 aromatic heterocycles. The number of amides is 1. The standard InChI is InChI=1S/C20H20Cl2FNO/c1-20(2,13-3-5-14(21)6-4-13)19-17(7-8-18(25)24-19)12-9-15(22)11-16(23)10-12/h3-6,9-11,17,19H,7-8H2,1-2H3,(H,24,25)/t17-,19+/m1/s1. The number of carbonyl (C=O) groups excluding carboxylic acids is 1. The van der Waals surface area contributed by atoms with E-state index in [9.17, 15) is 9.18 Å². The fourth-order valence-corrected chi connectivity index (χ4v) is 4.05. The van der Waals surface area contributed by atoms with Gasteiger partial charge in [0, 0.05) is 33.8 Å². The summed E-state index contributed by atoms with van der Waals surface area (Å²) < 4.78 is 13.9. The number of benzene rings is 2. The van der Waals surface area contributed by atoms with E-state index in [2.05, 4.69) is 19.2 Å². The highest BCUT2D eigenvalue weighted by Gasteiger charge is 2.41. The fourth-order valence-electron chi connectivity index (χ4n) is 3.69. The summed E-state index contributed by atoms with van der Waals surface area (Å²) in [5.41, 5.74) is 1.53. The Morgan fingerprint density at radius 2 is 1.76 bits per heavy atom. The van der Waals surface area contributed by atoms with Gasteiger partial charge in [0.15, 0.2) is 0 Å². The van der Waals surface area contributed by atoms with Gasteiger partial charge in [-0.05, 0) is 47.9 Å². The number of piperidine rings is 1. The topological polar surface area (TPSA) is 29.1 Å². The largest absolute Gasteiger partial charge is 0.352 e. The zero-order valence-electron chi connectivity index (χ0n) is 14.2. The highest BCUT2D eigenvalue weighted by Crippen LogP contribution is 2.40. The van der Waals surface area contributed by atoms with Gasteiger partial charge in [-0.1, -0.05) is 49.2 Å². The maximum absolute atomic E-state index is 13.9. The predicted octanol–water partition coefficient (Wildman–Crippen LogP) is 5.47. The van der Waals surface area contributed by atoms with Crippen LogP contribution in [0.2, 0.25) is 10.0 Å².